The van der Waals surface area contributed by atoms with Crippen LogP contribution < -0.4 is 16.0 Å². The Bertz CT molecular complexity index is 708. The summed E-state index contributed by atoms with van der Waals surface area (Å²) in [6, 6.07) is 9.38. The molecular weight excluding hydrogens is 282 g/mol. The van der Waals surface area contributed by atoms with Gasteiger partial charge in [0.05, 0.1) is 18.7 Å². The van der Waals surface area contributed by atoms with Gasteiger partial charge < -0.3 is 20.4 Å². The first kappa shape index (κ1) is 14.3. The monoisotopic (exact) mass is 299 g/mol. The molecule has 1 aromatic heterocycles. The maximum Gasteiger partial charge on any atom is 0.254 e. The molecule has 0 spiro atoms. The molecule has 2 amide bonds. The van der Waals surface area contributed by atoms with Crippen molar-refractivity contribution < 1.29 is 14.0 Å². The van der Waals surface area contributed by atoms with Gasteiger partial charge >= 0.3 is 0 Å². The number of carbonyl (C=O) groups excluding carboxylic acids is 2. The van der Waals surface area contributed by atoms with Crippen LogP contribution in [0.5, 0.6) is 0 Å². The third kappa shape index (κ3) is 2.73. The number of nitrogens with one attached hydrogen (secondary N) is 1. The van der Waals surface area contributed by atoms with Crippen LogP contribution in [0.25, 0.3) is 0 Å². The maximum atomic E-state index is 12.3. The van der Waals surface area contributed by atoms with E-state index in [1.165, 1.54) is 6.26 Å². The van der Waals surface area contributed by atoms with Crippen LogP contribution in [0.3, 0.4) is 0 Å². The van der Waals surface area contributed by atoms with Gasteiger partial charge in [-0.3, -0.25) is 9.59 Å². The zero-order valence-corrected chi connectivity index (χ0v) is 12.0. The average Bonchev–Trinajstić information content (AvgIpc) is 3.18. The summed E-state index contributed by atoms with van der Waals surface area (Å²) in [5.74, 6) is 0.0649. The third-order valence-electron chi connectivity index (χ3n) is 3.71. The number of furan rings is 1. The van der Waals surface area contributed by atoms with Gasteiger partial charge in [-0.05, 0) is 24.1 Å². The summed E-state index contributed by atoms with van der Waals surface area (Å²) < 4.78 is 5.11. The summed E-state index contributed by atoms with van der Waals surface area (Å²) in [6.45, 7) is 0.837. The van der Waals surface area contributed by atoms with E-state index in [-0.39, 0.29) is 24.9 Å². The number of rotatable bonds is 4. The summed E-state index contributed by atoms with van der Waals surface area (Å²) in [5.41, 5.74) is 7.88. The summed E-state index contributed by atoms with van der Waals surface area (Å²) in [5, 5.41) is 2.61. The van der Waals surface area contributed by atoms with Gasteiger partial charge in [0.15, 0.2) is 0 Å². The lowest BCUT2D eigenvalue weighted by Crippen LogP contribution is -2.39. The Hall–Kier alpha value is -2.60. The zero-order chi connectivity index (χ0) is 15.5. The highest BCUT2D eigenvalue weighted by atomic mass is 16.3. The van der Waals surface area contributed by atoms with Crippen LogP contribution >= 0.6 is 0 Å². The molecule has 0 saturated heterocycles. The van der Waals surface area contributed by atoms with Gasteiger partial charge in [0.1, 0.15) is 12.0 Å². The predicted octanol–water partition coefficient (Wildman–Crippen LogP) is 1.06. The van der Waals surface area contributed by atoms with E-state index in [1.807, 2.05) is 24.3 Å². The quantitative estimate of drug-likeness (QED) is 0.883. The number of carbonyl (C=O) groups is 2. The SMILES string of the molecule is NCc1cc(C(=O)NCC(=O)N2CCc3ccccc32)co1. The Balaban J connectivity index is 1.60. The van der Waals surface area contributed by atoms with Crippen LogP contribution in [0.2, 0.25) is 0 Å². The summed E-state index contributed by atoms with van der Waals surface area (Å²) in [7, 11) is 0. The van der Waals surface area contributed by atoms with Crippen molar-refractivity contribution in [2.45, 2.75) is 13.0 Å². The molecule has 3 rings (SSSR count). The molecule has 1 aliphatic heterocycles. The first-order chi connectivity index (χ1) is 10.7. The van der Waals surface area contributed by atoms with E-state index in [0.29, 0.717) is 17.9 Å². The Morgan fingerprint density at radius 3 is 2.91 bits per heavy atom. The molecule has 3 N–H and O–H groups in total. The Morgan fingerprint density at radius 1 is 1.32 bits per heavy atom. The van der Waals surface area contributed by atoms with Gasteiger partial charge in [-0.1, -0.05) is 18.2 Å². The number of hydrogen-bond acceptors (Lipinski definition) is 4. The number of para-hydroxylation sites is 1. The molecule has 2 aromatic rings. The number of fused-ring (bicyclic) bond motifs is 1. The van der Waals surface area contributed by atoms with Crippen molar-refractivity contribution in [1.29, 1.82) is 0 Å². The predicted molar refractivity (Wildman–Crippen MR) is 81.4 cm³/mol. The summed E-state index contributed by atoms with van der Waals surface area (Å²) in [4.78, 5) is 25.9. The van der Waals surface area contributed by atoms with Gasteiger partial charge in [-0.2, -0.15) is 0 Å². The molecular formula is C16H17N3O3. The summed E-state index contributed by atoms with van der Waals surface area (Å²) >= 11 is 0. The van der Waals surface area contributed by atoms with Gasteiger partial charge in [-0.25, -0.2) is 0 Å². The first-order valence-electron chi connectivity index (χ1n) is 7.13. The van der Waals surface area contributed by atoms with E-state index >= 15 is 0 Å². The fourth-order valence-electron chi connectivity index (χ4n) is 2.56. The number of anilines is 1. The van der Waals surface area contributed by atoms with E-state index in [0.717, 1.165) is 17.7 Å². The number of benzene rings is 1. The van der Waals surface area contributed by atoms with Crippen LogP contribution in [0.4, 0.5) is 5.69 Å². The molecule has 0 saturated carbocycles. The topological polar surface area (TPSA) is 88.6 Å². The lowest BCUT2D eigenvalue weighted by Gasteiger charge is -2.17. The van der Waals surface area contributed by atoms with Crippen molar-refractivity contribution in [2.75, 3.05) is 18.0 Å². The van der Waals surface area contributed by atoms with Gasteiger partial charge in [-0.15, -0.1) is 0 Å². The van der Waals surface area contributed by atoms with E-state index in [1.54, 1.807) is 11.0 Å². The maximum absolute atomic E-state index is 12.3. The second-order valence-electron chi connectivity index (χ2n) is 5.11. The normalized spacial score (nSPS) is 13.0. The van der Waals surface area contributed by atoms with E-state index < -0.39 is 0 Å². The van der Waals surface area contributed by atoms with Crippen LogP contribution in [0.15, 0.2) is 41.0 Å². The van der Waals surface area contributed by atoms with E-state index in [4.69, 9.17) is 10.2 Å². The summed E-state index contributed by atoms with van der Waals surface area (Å²) in [6.07, 6.45) is 2.19. The molecule has 2 heterocycles. The van der Waals surface area contributed by atoms with Crippen molar-refractivity contribution in [3.8, 4) is 0 Å². The molecule has 0 bridgehead atoms. The molecule has 6 nitrogen and oxygen atoms in total. The van der Waals surface area contributed by atoms with E-state index in [2.05, 4.69) is 5.32 Å². The van der Waals surface area contributed by atoms with Crippen molar-refractivity contribution in [2.24, 2.45) is 5.73 Å². The average molecular weight is 299 g/mol. The van der Waals surface area contributed by atoms with Crippen molar-refractivity contribution >= 4 is 17.5 Å². The molecule has 0 unspecified atom stereocenters. The third-order valence-corrected chi connectivity index (χ3v) is 3.71. The minimum absolute atomic E-state index is 0.0453. The number of amides is 2. The second-order valence-corrected chi connectivity index (χ2v) is 5.11. The van der Waals surface area contributed by atoms with Gasteiger partial charge in [0.25, 0.3) is 5.91 Å². The molecule has 22 heavy (non-hydrogen) atoms. The largest absolute Gasteiger partial charge is 0.467 e. The van der Waals surface area contributed by atoms with Crippen molar-refractivity contribution in [3.05, 3.63) is 53.5 Å². The fraction of sp³-hybridized carbons (Fsp3) is 0.250. The minimum Gasteiger partial charge on any atom is -0.467 e. The molecule has 114 valence electrons. The van der Waals surface area contributed by atoms with Crippen LogP contribution in [-0.2, 0) is 17.8 Å². The first-order valence-corrected chi connectivity index (χ1v) is 7.13. The smallest absolute Gasteiger partial charge is 0.254 e. The molecule has 0 radical (unpaired) electrons. The zero-order valence-electron chi connectivity index (χ0n) is 12.0. The Kier molecular flexibility index (Phi) is 3.93. The number of nitrogens with zero attached hydrogens (tertiary/aromatic N) is 1. The van der Waals surface area contributed by atoms with E-state index in [9.17, 15) is 9.59 Å². The highest BCUT2D eigenvalue weighted by Crippen LogP contribution is 2.27. The van der Waals surface area contributed by atoms with Crippen LogP contribution in [0, 0.1) is 0 Å². The molecule has 1 aromatic carbocycles. The lowest BCUT2D eigenvalue weighted by molar-refractivity contribution is -0.117. The van der Waals surface area contributed by atoms with Crippen molar-refractivity contribution in [1.82, 2.24) is 5.32 Å². The number of nitrogens with two attached hydrogens (primary N) is 1. The molecule has 0 fully saturated rings. The highest BCUT2D eigenvalue weighted by Gasteiger charge is 2.24. The molecule has 6 heteroatoms. The van der Waals surface area contributed by atoms with Crippen LogP contribution in [0.1, 0.15) is 21.7 Å². The highest BCUT2D eigenvalue weighted by molar-refractivity contribution is 6.01. The standard InChI is InChI=1S/C16H17N3O3/c17-8-13-7-12(10-22-13)16(21)18-9-15(20)19-6-5-11-3-1-2-4-14(11)19/h1-4,7,10H,5-6,8-9,17H2,(H,18,21). The second kappa shape index (κ2) is 6.03. The Labute approximate surface area is 127 Å². The van der Waals surface area contributed by atoms with Gasteiger partial charge in [0, 0.05) is 12.2 Å². The minimum atomic E-state index is -0.343. The molecule has 1 aliphatic rings. The lowest BCUT2D eigenvalue weighted by atomic mass is 10.2. The van der Waals surface area contributed by atoms with Gasteiger partial charge in [0.2, 0.25) is 5.91 Å². The van der Waals surface area contributed by atoms with Crippen LogP contribution in [-0.4, -0.2) is 24.9 Å². The molecule has 0 atom stereocenters. The van der Waals surface area contributed by atoms with Crippen molar-refractivity contribution in [3.63, 3.8) is 0 Å². The number of hydrogen-bond donors (Lipinski definition) is 2. The molecule has 0 aliphatic carbocycles. The Morgan fingerprint density at radius 2 is 2.14 bits per heavy atom. The fourth-order valence-corrected chi connectivity index (χ4v) is 2.56.